The first-order valence-electron chi connectivity index (χ1n) is 4.96. The number of rotatable bonds is 5. The van der Waals surface area contributed by atoms with Crippen molar-refractivity contribution in [2.24, 2.45) is 5.73 Å². The fraction of sp³-hybridized carbons (Fsp3) is 0.778. The molecule has 86 valence electrons. The van der Waals surface area contributed by atoms with Gasteiger partial charge in [-0.3, -0.25) is 0 Å². The molecule has 0 spiro atoms. The fourth-order valence-electron chi connectivity index (χ4n) is 1.57. The molecule has 0 aliphatic rings. The van der Waals surface area contributed by atoms with E-state index < -0.39 is 13.0 Å². The Balaban J connectivity index is 2.95. The van der Waals surface area contributed by atoms with Crippen LogP contribution in [-0.4, -0.2) is 28.0 Å². The zero-order valence-electron chi connectivity index (χ0n) is 8.95. The van der Waals surface area contributed by atoms with Crippen LogP contribution in [0.15, 0.2) is 0 Å². The van der Waals surface area contributed by atoms with Crippen LogP contribution in [0.1, 0.15) is 31.2 Å². The Kier molecular flexibility index (Phi) is 4.14. The number of hydrogen-bond donors (Lipinski definition) is 1. The van der Waals surface area contributed by atoms with E-state index in [0.29, 0.717) is 13.0 Å². The van der Waals surface area contributed by atoms with E-state index in [1.807, 2.05) is 13.8 Å². The molecule has 0 bridgehead atoms. The van der Waals surface area contributed by atoms with Crippen molar-refractivity contribution in [3.05, 3.63) is 11.4 Å². The highest BCUT2D eigenvalue weighted by Gasteiger charge is 2.17. The molecule has 0 amide bonds. The molecule has 1 aromatic heterocycles. The van der Waals surface area contributed by atoms with Crippen molar-refractivity contribution in [1.82, 2.24) is 15.0 Å². The van der Waals surface area contributed by atoms with Crippen molar-refractivity contribution < 1.29 is 8.78 Å². The van der Waals surface area contributed by atoms with E-state index in [4.69, 9.17) is 5.73 Å². The van der Waals surface area contributed by atoms with Crippen LogP contribution in [0.25, 0.3) is 0 Å². The van der Waals surface area contributed by atoms with Gasteiger partial charge in [-0.15, -0.1) is 5.10 Å². The lowest BCUT2D eigenvalue weighted by molar-refractivity contribution is 0.119. The van der Waals surface area contributed by atoms with Crippen LogP contribution in [0.3, 0.4) is 0 Å². The standard InChI is InChI=1S/C9H16F2N4/c1-6(2)9-7(3-4-12)13-14-15(9)5-8(10)11/h6,8H,3-5,12H2,1-2H3. The smallest absolute Gasteiger partial charge is 0.257 e. The molecule has 15 heavy (non-hydrogen) atoms. The average molecular weight is 218 g/mol. The van der Waals surface area contributed by atoms with Crippen LogP contribution < -0.4 is 5.73 Å². The molecule has 0 unspecified atom stereocenters. The Bertz CT molecular complexity index is 309. The quantitative estimate of drug-likeness (QED) is 0.807. The molecule has 2 N–H and O–H groups in total. The van der Waals surface area contributed by atoms with Gasteiger partial charge >= 0.3 is 0 Å². The molecule has 1 heterocycles. The van der Waals surface area contributed by atoms with Gasteiger partial charge in [0.15, 0.2) is 0 Å². The number of halogens is 2. The zero-order chi connectivity index (χ0) is 11.4. The summed E-state index contributed by atoms with van der Waals surface area (Å²) < 4.78 is 25.8. The normalized spacial score (nSPS) is 11.7. The Morgan fingerprint density at radius 2 is 2.07 bits per heavy atom. The average Bonchev–Trinajstić information content (AvgIpc) is 2.47. The minimum Gasteiger partial charge on any atom is -0.330 e. The third-order valence-electron chi connectivity index (χ3n) is 2.09. The summed E-state index contributed by atoms with van der Waals surface area (Å²) in [6.45, 7) is 3.92. The molecule has 1 rings (SSSR count). The Hall–Kier alpha value is -1.04. The molecule has 4 nitrogen and oxygen atoms in total. The monoisotopic (exact) mass is 218 g/mol. The first-order valence-corrected chi connectivity index (χ1v) is 4.96. The second-order valence-corrected chi connectivity index (χ2v) is 3.69. The van der Waals surface area contributed by atoms with Crippen molar-refractivity contribution in [3.63, 3.8) is 0 Å². The molecule has 0 aliphatic carbocycles. The van der Waals surface area contributed by atoms with Crippen molar-refractivity contribution >= 4 is 0 Å². The minimum absolute atomic E-state index is 0.125. The summed E-state index contributed by atoms with van der Waals surface area (Å²) in [6.07, 6.45) is -1.83. The summed E-state index contributed by atoms with van der Waals surface area (Å²) in [5.41, 5.74) is 6.91. The molecule has 0 aromatic carbocycles. The third-order valence-corrected chi connectivity index (χ3v) is 2.09. The lowest BCUT2D eigenvalue weighted by Crippen LogP contribution is -2.14. The van der Waals surface area contributed by atoms with Gasteiger partial charge in [0, 0.05) is 6.42 Å². The fourth-order valence-corrected chi connectivity index (χ4v) is 1.57. The maximum absolute atomic E-state index is 12.2. The molecular formula is C9H16F2N4. The van der Waals surface area contributed by atoms with Crippen LogP contribution in [0.4, 0.5) is 8.78 Å². The predicted molar refractivity (Wildman–Crippen MR) is 52.9 cm³/mol. The van der Waals surface area contributed by atoms with Gasteiger partial charge in [-0.1, -0.05) is 19.1 Å². The second-order valence-electron chi connectivity index (χ2n) is 3.69. The second kappa shape index (κ2) is 5.16. The molecule has 0 aliphatic heterocycles. The first-order chi connectivity index (χ1) is 7.06. The maximum atomic E-state index is 12.2. The highest BCUT2D eigenvalue weighted by atomic mass is 19.3. The van der Waals surface area contributed by atoms with Gasteiger partial charge < -0.3 is 5.73 Å². The van der Waals surface area contributed by atoms with Gasteiger partial charge in [0.2, 0.25) is 0 Å². The lowest BCUT2D eigenvalue weighted by Gasteiger charge is -2.10. The van der Waals surface area contributed by atoms with Crippen LogP contribution in [0.5, 0.6) is 0 Å². The van der Waals surface area contributed by atoms with Crippen LogP contribution in [-0.2, 0) is 13.0 Å². The summed E-state index contributed by atoms with van der Waals surface area (Å²) in [5, 5.41) is 7.61. The highest BCUT2D eigenvalue weighted by Crippen LogP contribution is 2.18. The van der Waals surface area contributed by atoms with E-state index >= 15 is 0 Å². The summed E-state index contributed by atoms with van der Waals surface area (Å²) in [4.78, 5) is 0. The van der Waals surface area contributed by atoms with Crippen LogP contribution in [0.2, 0.25) is 0 Å². The summed E-state index contributed by atoms with van der Waals surface area (Å²) >= 11 is 0. The molecule has 0 saturated heterocycles. The molecule has 0 atom stereocenters. The van der Waals surface area contributed by atoms with E-state index in [2.05, 4.69) is 10.3 Å². The van der Waals surface area contributed by atoms with E-state index in [9.17, 15) is 8.78 Å². The molecular weight excluding hydrogens is 202 g/mol. The number of alkyl halides is 2. The first kappa shape index (κ1) is 12.0. The summed E-state index contributed by atoms with van der Waals surface area (Å²) in [6, 6.07) is 0. The Morgan fingerprint density at radius 1 is 1.40 bits per heavy atom. The van der Waals surface area contributed by atoms with Gasteiger partial charge in [-0.05, 0) is 12.5 Å². The molecule has 0 radical (unpaired) electrons. The van der Waals surface area contributed by atoms with Crippen molar-refractivity contribution in [2.75, 3.05) is 6.54 Å². The number of aromatic nitrogens is 3. The van der Waals surface area contributed by atoms with Crippen molar-refractivity contribution in [3.8, 4) is 0 Å². The Morgan fingerprint density at radius 3 is 2.53 bits per heavy atom. The Labute approximate surface area is 87.5 Å². The minimum atomic E-state index is -2.41. The van der Waals surface area contributed by atoms with Gasteiger partial charge in [0.25, 0.3) is 6.43 Å². The number of hydrogen-bond acceptors (Lipinski definition) is 3. The molecule has 6 heteroatoms. The lowest BCUT2D eigenvalue weighted by atomic mass is 10.1. The SMILES string of the molecule is CC(C)c1c(CCN)nnn1CC(F)F. The van der Waals surface area contributed by atoms with Crippen molar-refractivity contribution in [1.29, 1.82) is 0 Å². The largest absolute Gasteiger partial charge is 0.330 e. The predicted octanol–water partition coefficient (Wildman–Crippen LogP) is 1.17. The summed E-state index contributed by atoms with van der Waals surface area (Å²) in [7, 11) is 0. The zero-order valence-corrected chi connectivity index (χ0v) is 8.95. The summed E-state index contributed by atoms with van der Waals surface area (Å²) in [5.74, 6) is 0.125. The van der Waals surface area contributed by atoms with Crippen LogP contribution >= 0.6 is 0 Å². The highest BCUT2D eigenvalue weighted by molar-refractivity contribution is 5.14. The van der Waals surface area contributed by atoms with Crippen LogP contribution in [0, 0.1) is 0 Å². The van der Waals surface area contributed by atoms with Gasteiger partial charge in [-0.2, -0.15) is 0 Å². The molecule has 0 saturated carbocycles. The number of nitrogens with two attached hydrogens (primary N) is 1. The number of nitrogens with zero attached hydrogens (tertiary/aromatic N) is 3. The van der Waals surface area contributed by atoms with Gasteiger partial charge in [0.05, 0.1) is 11.4 Å². The van der Waals surface area contributed by atoms with E-state index in [1.54, 1.807) is 0 Å². The molecule has 0 fully saturated rings. The molecule has 1 aromatic rings. The van der Waals surface area contributed by atoms with E-state index in [1.165, 1.54) is 4.68 Å². The topological polar surface area (TPSA) is 56.7 Å². The van der Waals surface area contributed by atoms with Gasteiger partial charge in [0.1, 0.15) is 6.54 Å². The van der Waals surface area contributed by atoms with Crippen molar-refractivity contribution in [2.45, 2.75) is 39.2 Å². The maximum Gasteiger partial charge on any atom is 0.257 e. The van der Waals surface area contributed by atoms with E-state index in [-0.39, 0.29) is 5.92 Å². The third kappa shape index (κ3) is 2.95. The van der Waals surface area contributed by atoms with Gasteiger partial charge in [-0.25, -0.2) is 13.5 Å². The van der Waals surface area contributed by atoms with E-state index in [0.717, 1.165) is 11.4 Å².